The molecule has 0 amide bonds. The maximum absolute atomic E-state index is 12.9. The Bertz CT molecular complexity index is 309. The van der Waals surface area contributed by atoms with Crippen molar-refractivity contribution < 1.29 is 17.7 Å². The van der Waals surface area contributed by atoms with Crippen LogP contribution in [0.5, 0.6) is 0 Å². The summed E-state index contributed by atoms with van der Waals surface area (Å²) in [5.41, 5.74) is 0. The lowest BCUT2D eigenvalue weighted by Gasteiger charge is -2.19. The van der Waals surface area contributed by atoms with Crippen molar-refractivity contribution in [2.24, 2.45) is 0 Å². The molecule has 0 fully saturated rings. The third kappa shape index (κ3) is 15.5. The van der Waals surface area contributed by atoms with Gasteiger partial charge in [0.2, 0.25) is 0 Å². The molecule has 0 saturated carbocycles. The van der Waals surface area contributed by atoms with E-state index in [9.17, 15) is 17.7 Å². The summed E-state index contributed by atoms with van der Waals surface area (Å²) in [4.78, 5) is 0. The van der Waals surface area contributed by atoms with Gasteiger partial charge in [-0.05, 0) is 12.8 Å². The zero-order valence-electron chi connectivity index (χ0n) is 15.8. The second-order valence-corrected chi connectivity index (χ2v) is 10.6. The Morgan fingerprint density at radius 3 is 1.38 bits per heavy atom. The summed E-state index contributed by atoms with van der Waals surface area (Å²) in [5, 5.41) is 0. The number of rotatable bonds is 16. The van der Waals surface area contributed by atoms with E-state index in [1.54, 1.807) is 0 Å². The van der Waals surface area contributed by atoms with Gasteiger partial charge in [-0.25, -0.2) is 0 Å². The Morgan fingerprint density at radius 2 is 1.00 bits per heavy atom. The highest BCUT2D eigenvalue weighted by Gasteiger charge is 2.32. The van der Waals surface area contributed by atoms with Gasteiger partial charge in [-0.1, -0.05) is 78.1 Å². The van der Waals surface area contributed by atoms with E-state index in [0.29, 0.717) is 12.3 Å². The number of alkyl halides is 3. The maximum Gasteiger partial charge on any atom is 0.389 e. The molecule has 0 saturated heterocycles. The molecule has 5 heteroatoms. The summed E-state index contributed by atoms with van der Waals surface area (Å²) in [5.74, 6) is 0. The number of halogens is 3. The molecule has 0 radical (unpaired) electrons. The topological polar surface area (TPSA) is 17.1 Å². The van der Waals surface area contributed by atoms with Crippen molar-refractivity contribution in [3.8, 4) is 0 Å². The molecule has 0 aliphatic carbocycles. The normalized spacial score (nSPS) is 12.7. The van der Waals surface area contributed by atoms with Gasteiger partial charge in [0.05, 0.1) is 13.6 Å². The summed E-state index contributed by atoms with van der Waals surface area (Å²) < 4.78 is 50.5. The molecule has 1 nitrogen and oxygen atoms in total. The highest BCUT2D eigenvalue weighted by Crippen LogP contribution is 2.49. The average molecular weight is 370 g/mol. The van der Waals surface area contributed by atoms with E-state index in [1.807, 2.05) is 0 Å². The molecule has 0 aromatic heterocycles. The fourth-order valence-corrected chi connectivity index (χ4v) is 5.96. The van der Waals surface area contributed by atoms with Crippen molar-refractivity contribution in [3.63, 3.8) is 0 Å². The first kappa shape index (κ1) is 24.0. The zero-order valence-corrected chi connectivity index (χ0v) is 16.7. The van der Waals surface area contributed by atoms with Crippen molar-refractivity contribution in [1.82, 2.24) is 0 Å². The van der Waals surface area contributed by atoms with E-state index in [2.05, 4.69) is 13.8 Å². The standard InChI is InChI=1S/C19H38F3OP/c1-3-5-7-9-11-13-16-24(23,18-15-19(20,21)22)17-14-12-10-8-6-4-2/h3-18H2,1-2H3. The third-order valence-corrected chi connectivity index (χ3v) is 7.94. The van der Waals surface area contributed by atoms with Gasteiger partial charge in [0.1, 0.15) is 0 Å². The van der Waals surface area contributed by atoms with Crippen LogP contribution in [0.1, 0.15) is 97.3 Å². The van der Waals surface area contributed by atoms with E-state index in [-0.39, 0.29) is 6.16 Å². The van der Waals surface area contributed by atoms with Crippen LogP contribution in [-0.4, -0.2) is 24.7 Å². The van der Waals surface area contributed by atoms with Crippen LogP contribution < -0.4 is 0 Å². The SMILES string of the molecule is CCCCCCCCP(=O)(CCCCCCCC)CCC(F)(F)F. The van der Waals surface area contributed by atoms with Crippen LogP contribution in [0.3, 0.4) is 0 Å². The molecule has 0 aromatic rings. The molecular weight excluding hydrogens is 332 g/mol. The largest absolute Gasteiger partial charge is 0.389 e. The Morgan fingerprint density at radius 1 is 0.625 bits per heavy atom. The fourth-order valence-electron chi connectivity index (χ4n) is 3.03. The van der Waals surface area contributed by atoms with E-state index in [4.69, 9.17) is 0 Å². The Balaban J connectivity index is 4.15. The number of hydrogen-bond donors (Lipinski definition) is 0. The molecular formula is C19H38F3OP. The van der Waals surface area contributed by atoms with Crippen LogP contribution >= 0.6 is 7.14 Å². The lowest BCUT2D eigenvalue weighted by molar-refractivity contribution is -0.130. The van der Waals surface area contributed by atoms with Gasteiger partial charge in [0, 0.05) is 18.5 Å². The number of hydrogen-bond acceptors (Lipinski definition) is 1. The molecule has 0 heterocycles. The van der Waals surface area contributed by atoms with Gasteiger partial charge in [-0.15, -0.1) is 0 Å². The van der Waals surface area contributed by atoms with Gasteiger partial charge in [-0.3, -0.25) is 0 Å². The first-order valence-electron chi connectivity index (χ1n) is 9.97. The summed E-state index contributed by atoms with van der Waals surface area (Å²) in [6.07, 6.45) is 8.89. The Labute approximate surface area is 147 Å². The van der Waals surface area contributed by atoms with Gasteiger partial charge < -0.3 is 4.57 Å². The minimum atomic E-state index is -4.18. The number of unbranched alkanes of at least 4 members (excludes halogenated alkanes) is 10. The van der Waals surface area contributed by atoms with Crippen molar-refractivity contribution in [2.75, 3.05) is 18.5 Å². The van der Waals surface area contributed by atoms with Crippen molar-refractivity contribution in [3.05, 3.63) is 0 Å². The molecule has 0 aliphatic rings. The van der Waals surface area contributed by atoms with Crippen LogP contribution in [0, 0.1) is 0 Å². The smallest absolute Gasteiger partial charge is 0.324 e. The predicted molar refractivity (Wildman–Crippen MR) is 99.6 cm³/mol. The summed E-state index contributed by atoms with van der Waals surface area (Å²) in [6, 6.07) is 0. The summed E-state index contributed by atoms with van der Waals surface area (Å²) >= 11 is 0. The molecule has 0 rings (SSSR count). The maximum atomic E-state index is 12.9. The van der Waals surface area contributed by atoms with Crippen LogP contribution in [0.25, 0.3) is 0 Å². The van der Waals surface area contributed by atoms with Crippen molar-refractivity contribution in [2.45, 2.75) is 103 Å². The van der Waals surface area contributed by atoms with E-state index in [1.165, 1.54) is 38.5 Å². The first-order chi connectivity index (χ1) is 11.3. The van der Waals surface area contributed by atoms with E-state index < -0.39 is 19.7 Å². The van der Waals surface area contributed by atoms with Crippen LogP contribution in [-0.2, 0) is 4.57 Å². The van der Waals surface area contributed by atoms with Crippen LogP contribution in [0.4, 0.5) is 13.2 Å². The third-order valence-electron chi connectivity index (χ3n) is 4.64. The molecule has 0 atom stereocenters. The highest BCUT2D eigenvalue weighted by atomic mass is 31.2. The molecule has 0 aromatic carbocycles. The summed E-state index contributed by atoms with van der Waals surface area (Å²) in [7, 11) is -2.65. The monoisotopic (exact) mass is 370 g/mol. The van der Waals surface area contributed by atoms with Gasteiger partial charge >= 0.3 is 6.18 Å². The Kier molecular flexibility index (Phi) is 14.2. The van der Waals surface area contributed by atoms with Crippen LogP contribution in [0.2, 0.25) is 0 Å². The molecule has 0 N–H and O–H groups in total. The molecule has 0 spiro atoms. The second-order valence-electron chi connectivity index (χ2n) is 7.13. The highest BCUT2D eigenvalue weighted by molar-refractivity contribution is 7.63. The molecule has 0 bridgehead atoms. The molecule has 0 aliphatic heterocycles. The minimum absolute atomic E-state index is 0.138. The first-order valence-corrected chi connectivity index (χ1v) is 12.2. The lowest BCUT2D eigenvalue weighted by Crippen LogP contribution is -2.12. The van der Waals surface area contributed by atoms with E-state index in [0.717, 1.165) is 38.5 Å². The molecule has 0 unspecified atom stereocenters. The molecule has 24 heavy (non-hydrogen) atoms. The molecule has 146 valence electrons. The van der Waals surface area contributed by atoms with Crippen LogP contribution in [0.15, 0.2) is 0 Å². The summed E-state index contributed by atoms with van der Waals surface area (Å²) in [6.45, 7) is 4.32. The predicted octanol–water partition coefficient (Wildman–Crippen LogP) is 8.02. The zero-order chi connectivity index (χ0) is 18.3. The Hall–Kier alpha value is 0.0200. The lowest BCUT2D eigenvalue weighted by atomic mass is 10.1. The average Bonchev–Trinajstić information content (AvgIpc) is 2.52. The van der Waals surface area contributed by atoms with Gasteiger partial charge in [0.25, 0.3) is 0 Å². The van der Waals surface area contributed by atoms with Gasteiger partial charge in [-0.2, -0.15) is 13.2 Å². The van der Waals surface area contributed by atoms with Gasteiger partial charge in [0.15, 0.2) is 0 Å². The van der Waals surface area contributed by atoms with Crippen molar-refractivity contribution >= 4 is 7.14 Å². The minimum Gasteiger partial charge on any atom is -0.324 e. The fraction of sp³-hybridized carbons (Fsp3) is 1.00. The second kappa shape index (κ2) is 14.2. The van der Waals surface area contributed by atoms with Crippen molar-refractivity contribution in [1.29, 1.82) is 0 Å². The van der Waals surface area contributed by atoms with E-state index >= 15 is 0 Å². The quantitative estimate of drug-likeness (QED) is 0.198.